The van der Waals surface area contributed by atoms with Gasteiger partial charge in [0.05, 0.1) is 5.02 Å². The molecule has 0 spiro atoms. The summed E-state index contributed by atoms with van der Waals surface area (Å²) in [7, 11) is 1.93. The molecule has 1 aliphatic carbocycles. The van der Waals surface area contributed by atoms with Gasteiger partial charge in [0.2, 0.25) is 0 Å². The fraction of sp³-hybridized carbons (Fsp3) is 0.368. The Labute approximate surface area is 166 Å². The number of aryl methyl sites for hydroxylation is 1. The summed E-state index contributed by atoms with van der Waals surface area (Å²) in [6.45, 7) is 0.302. The Hall–Kier alpha value is -2.58. The lowest BCUT2D eigenvalue weighted by Gasteiger charge is -2.13. The Morgan fingerprint density at radius 2 is 2.21 bits per heavy atom. The standard InChI is InChI=1S/C19H23ClFN6O/c1-25-6-5-18-26(7-8-27(18)25)11-13-14(20)9-12(10-15(13)21)19(23)24-28-17-4-2-3-16(17)22/h5-10,16-17H,2-4,11,22H2,1H3,(H2,23,24)/q+1. The lowest BCUT2D eigenvalue weighted by Crippen LogP contribution is -2.33. The molecular weight excluding hydrogens is 383 g/mol. The van der Waals surface area contributed by atoms with Crippen LogP contribution in [0.4, 0.5) is 4.39 Å². The number of nitrogens with zero attached hydrogens (tertiary/aromatic N) is 4. The van der Waals surface area contributed by atoms with Crippen LogP contribution >= 0.6 is 11.6 Å². The molecule has 1 saturated carbocycles. The van der Waals surface area contributed by atoms with Crippen LogP contribution < -0.4 is 16.0 Å². The van der Waals surface area contributed by atoms with Crippen molar-refractivity contribution in [2.45, 2.75) is 38.0 Å². The summed E-state index contributed by atoms with van der Waals surface area (Å²) < 4.78 is 20.6. The molecule has 1 aromatic carbocycles. The van der Waals surface area contributed by atoms with E-state index in [9.17, 15) is 4.39 Å². The first kappa shape index (κ1) is 18.8. The second-order valence-electron chi connectivity index (χ2n) is 7.15. The number of halogens is 2. The maximum absolute atomic E-state index is 14.8. The summed E-state index contributed by atoms with van der Waals surface area (Å²) in [5.74, 6) is -0.366. The van der Waals surface area contributed by atoms with Gasteiger partial charge in [0.15, 0.2) is 12.0 Å². The first-order chi connectivity index (χ1) is 13.4. The highest BCUT2D eigenvalue weighted by Gasteiger charge is 2.26. The summed E-state index contributed by atoms with van der Waals surface area (Å²) in [5.41, 5.74) is 13.6. The Bertz CT molecular complexity index is 1020. The van der Waals surface area contributed by atoms with E-state index in [2.05, 4.69) is 5.16 Å². The molecule has 7 nitrogen and oxygen atoms in total. The predicted octanol–water partition coefficient (Wildman–Crippen LogP) is 1.92. The molecule has 1 fully saturated rings. The molecule has 2 heterocycles. The van der Waals surface area contributed by atoms with Gasteiger partial charge in [-0.15, -0.1) is 4.52 Å². The molecule has 28 heavy (non-hydrogen) atoms. The first-order valence-corrected chi connectivity index (χ1v) is 9.57. The third-order valence-electron chi connectivity index (χ3n) is 5.25. The highest BCUT2D eigenvalue weighted by atomic mass is 35.5. The predicted molar refractivity (Wildman–Crippen MR) is 104 cm³/mol. The van der Waals surface area contributed by atoms with Crippen molar-refractivity contribution < 1.29 is 13.8 Å². The molecule has 0 bridgehead atoms. The maximum atomic E-state index is 14.8. The van der Waals surface area contributed by atoms with Crippen molar-refractivity contribution in [3.63, 3.8) is 0 Å². The van der Waals surface area contributed by atoms with Crippen LogP contribution in [0.2, 0.25) is 5.02 Å². The quantitative estimate of drug-likeness (QED) is 0.294. The van der Waals surface area contributed by atoms with Gasteiger partial charge in [-0.25, -0.2) is 13.6 Å². The monoisotopic (exact) mass is 405 g/mol. The summed E-state index contributed by atoms with van der Waals surface area (Å²) in [6.07, 6.45) is 8.32. The summed E-state index contributed by atoms with van der Waals surface area (Å²) in [4.78, 5) is 5.44. The number of hydrogen-bond donors (Lipinski definition) is 2. The van der Waals surface area contributed by atoms with E-state index in [-0.39, 0.29) is 23.0 Å². The highest BCUT2D eigenvalue weighted by molar-refractivity contribution is 6.31. The molecule has 4 N–H and O–H groups in total. The van der Waals surface area contributed by atoms with Crippen molar-refractivity contribution in [3.05, 3.63) is 58.8 Å². The van der Waals surface area contributed by atoms with Gasteiger partial charge < -0.3 is 16.3 Å². The van der Waals surface area contributed by atoms with E-state index in [0.717, 1.165) is 24.9 Å². The molecule has 3 aromatic rings. The Kier molecular flexibility index (Phi) is 4.99. The van der Waals surface area contributed by atoms with Crippen molar-refractivity contribution in [2.75, 3.05) is 0 Å². The number of oxime groups is 1. The van der Waals surface area contributed by atoms with E-state index in [0.29, 0.717) is 17.7 Å². The molecule has 4 rings (SSSR count). The van der Waals surface area contributed by atoms with Crippen molar-refractivity contribution >= 4 is 23.1 Å². The molecule has 0 radical (unpaired) electrons. The van der Waals surface area contributed by atoms with Crippen molar-refractivity contribution in [1.82, 2.24) is 9.20 Å². The minimum Gasteiger partial charge on any atom is -0.389 e. The van der Waals surface area contributed by atoms with Gasteiger partial charge in [0, 0.05) is 36.5 Å². The van der Waals surface area contributed by atoms with E-state index in [1.54, 1.807) is 6.07 Å². The number of amidine groups is 1. The van der Waals surface area contributed by atoms with E-state index >= 15 is 0 Å². The molecular formula is C19H23ClFN6O+. The Morgan fingerprint density at radius 3 is 2.93 bits per heavy atom. The zero-order chi connectivity index (χ0) is 19.8. The number of nitrogens with two attached hydrogens (primary N) is 2. The smallest absolute Gasteiger partial charge is 0.307 e. The second kappa shape index (κ2) is 7.44. The molecule has 0 aliphatic heterocycles. The molecule has 0 amide bonds. The zero-order valence-electron chi connectivity index (χ0n) is 15.6. The van der Waals surface area contributed by atoms with Crippen LogP contribution in [0.1, 0.15) is 30.4 Å². The molecule has 9 heteroatoms. The van der Waals surface area contributed by atoms with E-state index < -0.39 is 5.82 Å². The fourth-order valence-corrected chi connectivity index (χ4v) is 3.85. The number of benzene rings is 1. The van der Waals surface area contributed by atoms with Gasteiger partial charge in [-0.3, -0.25) is 0 Å². The lowest BCUT2D eigenvalue weighted by atomic mass is 10.1. The lowest BCUT2D eigenvalue weighted by molar-refractivity contribution is -0.662. The van der Waals surface area contributed by atoms with Crippen LogP contribution in [0.15, 0.2) is 41.9 Å². The Morgan fingerprint density at radius 1 is 1.39 bits per heavy atom. The highest BCUT2D eigenvalue weighted by Crippen LogP contribution is 2.23. The van der Waals surface area contributed by atoms with Gasteiger partial charge in [0.25, 0.3) is 0 Å². The van der Waals surface area contributed by atoms with Crippen molar-refractivity contribution in [3.8, 4) is 0 Å². The maximum Gasteiger partial charge on any atom is 0.307 e. The molecule has 148 valence electrons. The van der Waals surface area contributed by atoms with Crippen LogP contribution in [-0.2, 0) is 18.4 Å². The topological polar surface area (TPSA) is 86.8 Å². The molecule has 2 unspecified atom stereocenters. The minimum atomic E-state index is -0.444. The first-order valence-electron chi connectivity index (χ1n) is 9.19. The van der Waals surface area contributed by atoms with E-state index in [1.165, 1.54) is 6.07 Å². The fourth-order valence-electron chi connectivity index (χ4n) is 3.58. The van der Waals surface area contributed by atoms with E-state index in [4.69, 9.17) is 27.9 Å². The Balaban J connectivity index is 1.56. The van der Waals surface area contributed by atoms with Crippen LogP contribution in [0.25, 0.3) is 5.65 Å². The number of hydrogen-bond acceptors (Lipinski definition) is 3. The van der Waals surface area contributed by atoms with Crippen LogP contribution in [0.5, 0.6) is 0 Å². The molecule has 1 aliphatic rings. The summed E-state index contributed by atoms with van der Waals surface area (Å²) in [6, 6.07) is 4.84. The minimum absolute atomic E-state index is 0.0477. The second-order valence-corrected chi connectivity index (χ2v) is 7.56. The van der Waals surface area contributed by atoms with E-state index in [1.807, 2.05) is 45.5 Å². The normalized spacial score (nSPS) is 20.2. The van der Waals surface area contributed by atoms with Gasteiger partial charge in [0.1, 0.15) is 24.7 Å². The van der Waals surface area contributed by atoms with Crippen LogP contribution in [0, 0.1) is 5.82 Å². The van der Waals surface area contributed by atoms with Gasteiger partial charge in [-0.2, -0.15) is 0 Å². The van der Waals surface area contributed by atoms with Crippen LogP contribution in [-0.4, -0.2) is 27.2 Å². The molecule has 0 saturated heterocycles. The summed E-state index contributed by atoms with van der Waals surface area (Å²) >= 11 is 6.37. The SMILES string of the molecule is Cn1ccc2n1cc[n+]2Cc1c(F)cc(C(N)=NOC2CCCC2N)cc1Cl. The van der Waals surface area contributed by atoms with Gasteiger partial charge in [-0.05, 0) is 31.4 Å². The molecule has 2 aromatic heterocycles. The summed E-state index contributed by atoms with van der Waals surface area (Å²) in [5, 5.41) is 4.22. The number of imidazole rings is 1. The zero-order valence-corrected chi connectivity index (χ0v) is 16.3. The largest absolute Gasteiger partial charge is 0.389 e. The average Bonchev–Trinajstić information content (AvgIpc) is 3.35. The number of fused-ring (bicyclic) bond motifs is 1. The third kappa shape index (κ3) is 3.45. The van der Waals surface area contributed by atoms with Gasteiger partial charge in [-0.1, -0.05) is 16.8 Å². The third-order valence-corrected chi connectivity index (χ3v) is 5.59. The number of rotatable bonds is 5. The van der Waals surface area contributed by atoms with Gasteiger partial charge >= 0.3 is 5.65 Å². The van der Waals surface area contributed by atoms with Crippen LogP contribution in [0.3, 0.4) is 0 Å². The molecule has 2 atom stereocenters. The average molecular weight is 406 g/mol. The number of aromatic nitrogens is 3. The van der Waals surface area contributed by atoms with Crippen molar-refractivity contribution in [1.29, 1.82) is 0 Å². The van der Waals surface area contributed by atoms with Crippen molar-refractivity contribution in [2.24, 2.45) is 23.7 Å².